The number of hydrogen-bond donors (Lipinski definition) is 1. The highest BCUT2D eigenvalue weighted by Crippen LogP contribution is 2.23. The summed E-state index contributed by atoms with van der Waals surface area (Å²) in [5, 5.41) is 5.11. The second-order valence-electron chi connectivity index (χ2n) is 5.65. The molecule has 7 nitrogen and oxygen atoms in total. The first-order valence-corrected chi connectivity index (χ1v) is 10.3. The third-order valence-corrected chi connectivity index (χ3v) is 5.67. The average Bonchev–Trinajstić information content (AvgIpc) is 2.88. The molecule has 0 aliphatic rings. The van der Waals surface area contributed by atoms with E-state index in [0.717, 1.165) is 17.1 Å². The Hall–Kier alpha value is -2.10. The number of carbonyl (C=O) groups excluding carboxylic acids is 2. The van der Waals surface area contributed by atoms with E-state index in [1.54, 1.807) is 18.2 Å². The Morgan fingerprint density at radius 3 is 2.31 bits per heavy atom. The maximum atomic E-state index is 12.4. The summed E-state index contributed by atoms with van der Waals surface area (Å²) in [6.45, 7) is 3.68. The maximum Gasteiger partial charge on any atom is 0.315 e. The quantitative estimate of drug-likeness (QED) is 0.565. The Kier molecular flexibility index (Phi) is 6.27. The summed E-state index contributed by atoms with van der Waals surface area (Å²) in [4.78, 5) is 23.6. The number of sulfonamides is 1. The van der Waals surface area contributed by atoms with Crippen LogP contribution in [0.25, 0.3) is 5.69 Å². The molecule has 0 amide bonds. The molecule has 1 heterocycles. The number of methoxy groups -OCH3 is 1. The maximum absolute atomic E-state index is 12.4. The van der Waals surface area contributed by atoms with E-state index < -0.39 is 10.0 Å². The van der Waals surface area contributed by atoms with Crippen LogP contribution in [0, 0.1) is 13.8 Å². The molecule has 0 fully saturated rings. The number of carbonyl (C=O) groups is 2. The molecule has 9 heteroatoms. The van der Waals surface area contributed by atoms with Gasteiger partial charge < -0.3 is 9.30 Å². The van der Waals surface area contributed by atoms with E-state index in [9.17, 15) is 18.0 Å². The monoisotopic (exact) mass is 396 g/mol. The number of ether oxygens (including phenoxy) is 1. The van der Waals surface area contributed by atoms with Gasteiger partial charge in [0.15, 0.2) is 5.78 Å². The molecule has 1 aromatic carbocycles. The number of primary sulfonamides is 1. The number of rotatable bonds is 7. The molecular formula is C17H20N2O5S2. The zero-order valence-corrected chi connectivity index (χ0v) is 16.3. The molecule has 0 aliphatic carbocycles. The standard InChI is InChI=1S/C17H20N2O5S2/c1-11-8-15(16(20)9-25-10-17(21)24-3)12(2)19(11)13-4-6-14(7-5-13)26(18,22)23/h4-8H,9-10H2,1-3H3,(H2,18,22,23). The number of aromatic nitrogens is 1. The molecule has 0 radical (unpaired) electrons. The lowest BCUT2D eigenvalue weighted by Crippen LogP contribution is -2.12. The second-order valence-corrected chi connectivity index (χ2v) is 8.20. The highest BCUT2D eigenvalue weighted by atomic mass is 32.2. The van der Waals surface area contributed by atoms with Crippen LogP contribution in [0.4, 0.5) is 0 Å². The van der Waals surface area contributed by atoms with Crippen LogP contribution in [-0.2, 0) is 19.6 Å². The lowest BCUT2D eigenvalue weighted by molar-refractivity contribution is -0.137. The Morgan fingerprint density at radius 1 is 1.15 bits per heavy atom. The van der Waals surface area contributed by atoms with E-state index in [-0.39, 0.29) is 28.2 Å². The minimum absolute atomic E-state index is 0.0271. The van der Waals surface area contributed by atoms with Crippen LogP contribution in [0.3, 0.4) is 0 Å². The minimum atomic E-state index is -3.75. The second kappa shape index (κ2) is 8.07. The van der Waals surface area contributed by atoms with Gasteiger partial charge in [-0.2, -0.15) is 0 Å². The normalized spacial score (nSPS) is 11.4. The van der Waals surface area contributed by atoms with Crippen molar-refractivity contribution in [3.05, 3.63) is 47.3 Å². The van der Waals surface area contributed by atoms with Gasteiger partial charge in [0.1, 0.15) is 0 Å². The van der Waals surface area contributed by atoms with Crippen LogP contribution >= 0.6 is 11.8 Å². The topological polar surface area (TPSA) is 108 Å². The number of nitrogens with zero attached hydrogens (tertiary/aromatic N) is 1. The molecule has 140 valence electrons. The minimum Gasteiger partial charge on any atom is -0.468 e. The summed E-state index contributed by atoms with van der Waals surface area (Å²) < 4.78 is 29.2. The van der Waals surface area contributed by atoms with Gasteiger partial charge in [0.25, 0.3) is 0 Å². The molecule has 0 atom stereocenters. The number of esters is 1. The summed E-state index contributed by atoms with van der Waals surface area (Å²) in [5.74, 6) is -0.164. The van der Waals surface area contributed by atoms with Crippen LogP contribution in [0.15, 0.2) is 35.2 Å². The Balaban J connectivity index is 2.24. The van der Waals surface area contributed by atoms with Crippen molar-refractivity contribution in [2.75, 3.05) is 18.6 Å². The van der Waals surface area contributed by atoms with Crippen molar-refractivity contribution >= 4 is 33.5 Å². The van der Waals surface area contributed by atoms with Gasteiger partial charge in [0.05, 0.1) is 23.5 Å². The Morgan fingerprint density at radius 2 is 1.77 bits per heavy atom. The van der Waals surface area contributed by atoms with E-state index >= 15 is 0 Å². The molecular weight excluding hydrogens is 376 g/mol. The zero-order valence-electron chi connectivity index (χ0n) is 14.7. The first kappa shape index (κ1) is 20.2. The molecule has 0 spiro atoms. The van der Waals surface area contributed by atoms with Gasteiger partial charge in [-0.05, 0) is 44.2 Å². The molecule has 2 N–H and O–H groups in total. The largest absolute Gasteiger partial charge is 0.468 e. The summed E-state index contributed by atoms with van der Waals surface area (Å²) in [5.41, 5.74) is 2.88. The predicted octanol–water partition coefficient (Wildman–Crippen LogP) is 1.83. The highest BCUT2D eigenvalue weighted by Gasteiger charge is 2.17. The van der Waals surface area contributed by atoms with Crippen molar-refractivity contribution in [3.8, 4) is 5.69 Å². The van der Waals surface area contributed by atoms with Crippen molar-refractivity contribution in [2.24, 2.45) is 5.14 Å². The van der Waals surface area contributed by atoms with Crippen LogP contribution in [0.1, 0.15) is 21.7 Å². The number of Topliss-reactive ketones (excluding diaryl/α,β-unsaturated/α-hetero) is 1. The summed E-state index contributed by atoms with van der Waals surface area (Å²) in [6.07, 6.45) is 0. The summed E-state index contributed by atoms with van der Waals surface area (Å²) in [6, 6.07) is 7.92. The zero-order chi connectivity index (χ0) is 19.5. The third kappa shape index (κ3) is 4.54. The van der Waals surface area contributed by atoms with Crippen LogP contribution < -0.4 is 5.14 Å². The number of benzene rings is 1. The SMILES string of the molecule is COC(=O)CSCC(=O)c1cc(C)n(-c2ccc(S(N)(=O)=O)cc2)c1C. The van der Waals surface area contributed by atoms with Crippen LogP contribution in [0.2, 0.25) is 0 Å². The summed E-state index contributed by atoms with van der Waals surface area (Å²) in [7, 11) is -2.45. The number of ketones is 1. The van der Waals surface area contributed by atoms with Crippen molar-refractivity contribution in [2.45, 2.75) is 18.7 Å². The highest BCUT2D eigenvalue weighted by molar-refractivity contribution is 8.00. The Labute approximate surface area is 156 Å². The van der Waals surface area contributed by atoms with Gasteiger partial charge in [-0.3, -0.25) is 9.59 Å². The number of hydrogen-bond acceptors (Lipinski definition) is 6. The Bertz CT molecular complexity index is 931. The fourth-order valence-corrected chi connectivity index (χ4v) is 3.83. The van der Waals surface area contributed by atoms with Crippen molar-refractivity contribution in [1.29, 1.82) is 0 Å². The third-order valence-electron chi connectivity index (χ3n) is 3.84. The van der Waals surface area contributed by atoms with Gasteiger partial charge in [-0.25, -0.2) is 13.6 Å². The molecule has 0 saturated heterocycles. The van der Waals surface area contributed by atoms with E-state index in [1.165, 1.54) is 31.0 Å². The van der Waals surface area contributed by atoms with E-state index in [2.05, 4.69) is 4.74 Å². The first-order chi connectivity index (χ1) is 12.1. The van der Waals surface area contributed by atoms with Gasteiger partial charge in [0, 0.05) is 22.6 Å². The number of nitrogens with two attached hydrogens (primary N) is 1. The van der Waals surface area contributed by atoms with Gasteiger partial charge in [-0.1, -0.05) is 0 Å². The van der Waals surface area contributed by atoms with Gasteiger partial charge in [0.2, 0.25) is 10.0 Å². The number of aryl methyl sites for hydroxylation is 1. The molecule has 0 unspecified atom stereocenters. The van der Waals surface area contributed by atoms with Gasteiger partial charge >= 0.3 is 5.97 Å². The molecule has 0 saturated carbocycles. The lowest BCUT2D eigenvalue weighted by Gasteiger charge is -2.10. The van der Waals surface area contributed by atoms with Crippen molar-refractivity contribution < 1.29 is 22.7 Å². The van der Waals surface area contributed by atoms with Crippen LogP contribution in [0.5, 0.6) is 0 Å². The molecule has 2 aromatic rings. The average molecular weight is 396 g/mol. The fraction of sp³-hybridized carbons (Fsp3) is 0.294. The van der Waals surface area contributed by atoms with Crippen molar-refractivity contribution in [3.63, 3.8) is 0 Å². The first-order valence-electron chi connectivity index (χ1n) is 7.65. The van der Waals surface area contributed by atoms with Crippen molar-refractivity contribution in [1.82, 2.24) is 4.57 Å². The molecule has 0 bridgehead atoms. The number of thioether (sulfide) groups is 1. The van der Waals surface area contributed by atoms with Crippen LogP contribution in [-0.4, -0.2) is 43.4 Å². The fourth-order valence-electron chi connectivity index (χ4n) is 2.59. The molecule has 0 aliphatic heterocycles. The summed E-state index contributed by atoms with van der Waals surface area (Å²) >= 11 is 1.20. The van der Waals surface area contributed by atoms with E-state index in [0.29, 0.717) is 5.56 Å². The molecule has 26 heavy (non-hydrogen) atoms. The predicted molar refractivity (Wildman–Crippen MR) is 100 cm³/mol. The van der Waals surface area contributed by atoms with E-state index in [1.807, 2.05) is 18.4 Å². The smallest absolute Gasteiger partial charge is 0.315 e. The molecule has 1 aromatic heterocycles. The lowest BCUT2D eigenvalue weighted by atomic mass is 10.2. The van der Waals surface area contributed by atoms with E-state index in [4.69, 9.17) is 5.14 Å². The van der Waals surface area contributed by atoms with Gasteiger partial charge in [-0.15, -0.1) is 11.8 Å². The molecule has 2 rings (SSSR count).